The van der Waals surface area contributed by atoms with Crippen LogP contribution in [0.2, 0.25) is 0 Å². The van der Waals surface area contributed by atoms with Gasteiger partial charge in [0, 0.05) is 37.4 Å². The van der Waals surface area contributed by atoms with Crippen LogP contribution in [0.25, 0.3) is 0 Å². The molecule has 6 nitrogen and oxygen atoms in total. The van der Waals surface area contributed by atoms with Crippen LogP contribution in [0.15, 0.2) is 43.1 Å². The Hall–Kier alpha value is -2.34. The highest BCUT2D eigenvalue weighted by atomic mass is 16.5. The summed E-state index contributed by atoms with van der Waals surface area (Å²) in [4.78, 5) is 26.4. The molecule has 114 valence electrons. The molecule has 22 heavy (non-hydrogen) atoms. The molecule has 1 amide bonds. The fourth-order valence-corrected chi connectivity index (χ4v) is 2.53. The molecule has 0 bridgehead atoms. The van der Waals surface area contributed by atoms with Gasteiger partial charge in [0.25, 0.3) is 5.91 Å². The number of aryl methyl sites for hydroxylation is 1. The molecule has 3 rings (SSSR count). The first-order valence-electron chi connectivity index (χ1n) is 7.39. The number of hydrogen-bond donors (Lipinski definition) is 0. The molecule has 2 aromatic heterocycles. The highest BCUT2D eigenvalue weighted by Crippen LogP contribution is 2.14. The van der Waals surface area contributed by atoms with Gasteiger partial charge in [-0.05, 0) is 31.0 Å². The highest BCUT2D eigenvalue weighted by molar-refractivity contribution is 5.93. The number of carbonyl (C=O) groups is 1. The number of aromatic nitrogens is 3. The molecule has 0 spiro atoms. The van der Waals surface area contributed by atoms with Crippen LogP contribution in [0.3, 0.4) is 0 Å². The number of nitrogens with zero attached hydrogens (tertiary/aromatic N) is 4. The summed E-state index contributed by atoms with van der Waals surface area (Å²) in [6.07, 6.45) is 8.27. The van der Waals surface area contributed by atoms with Gasteiger partial charge in [-0.3, -0.25) is 9.78 Å². The first-order chi connectivity index (χ1) is 10.8. The second-order valence-corrected chi connectivity index (χ2v) is 5.23. The van der Waals surface area contributed by atoms with E-state index in [2.05, 4.69) is 15.0 Å². The van der Waals surface area contributed by atoms with Crippen molar-refractivity contribution < 1.29 is 9.53 Å². The molecule has 0 saturated carbocycles. The van der Waals surface area contributed by atoms with E-state index in [1.807, 2.05) is 11.0 Å². The van der Waals surface area contributed by atoms with E-state index >= 15 is 0 Å². The fraction of sp³-hybridized carbons (Fsp3) is 0.375. The maximum atomic E-state index is 12.4. The monoisotopic (exact) mass is 298 g/mol. The smallest absolute Gasteiger partial charge is 0.255 e. The minimum Gasteiger partial charge on any atom is -0.375 e. The van der Waals surface area contributed by atoms with Crippen LogP contribution in [-0.2, 0) is 11.2 Å². The minimum absolute atomic E-state index is 0.0171. The molecule has 6 heteroatoms. The van der Waals surface area contributed by atoms with E-state index in [4.69, 9.17) is 4.74 Å². The van der Waals surface area contributed by atoms with Gasteiger partial charge in [0.2, 0.25) is 0 Å². The van der Waals surface area contributed by atoms with Crippen molar-refractivity contribution >= 4 is 5.91 Å². The molecule has 0 aliphatic carbocycles. The number of amides is 1. The molecular weight excluding hydrogens is 280 g/mol. The second kappa shape index (κ2) is 7.09. The molecule has 3 heterocycles. The third kappa shape index (κ3) is 3.65. The predicted octanol–water partition coefficient (Wildman–Crippen LogP) is 1.35. The van der Waals surface area contributed by atoms with E-state index < -0.39 is 0 Å². The summed E-state index contributed by atoms with van der Waals surface area (Å²) in [6.45, 7) is 1.80. The Balaban J connectivity index is 1.56. The van der Waals surface area contributed by atoms with Crippen molar-refractivity contribution in [3.8, 4) is 0 Å². The number of rotatable bonds is 4. The second-order valence-electron chi connectivity index (χ2n) is 5.23. The fourth-order valence-electron chi connectivity index (χ4n) is 2.53. The van der Waals surface area contributed by atoms with Crippen LogP contribution in [-0.4, -0.2) is 51.6 Å². The van der Waals surface area contributed by atoms with E-state index in [9.17, 15) is 4.79 Å². The normalized spacial score (nSPS) is 18.2. The molecule has 1 fully saturated rings. The van der Waals surface area contributed by atoms with Crippen molar-refractivity contribution in [2.24, 2.45) is 0 Å². The van der Waals surface area contributed by atoms with Gasteiger partial charge in [-0.15, -0.1) is 0 Å². The van der Waals surface area contributed by atoms with Crippen molar-refractivity contribution in [3.63, 3.8) is 0 Å². The van der Waals surface area contributed by atoms with Gasteiger partial charge in [0.15, 0.2) is 0 Å². The van der Waals surface area contributed by atoms with Crippen LogP contribution < -0.4 is 0 Å². The Labute approximate surface area is 129 Å². The van der Waals surface area contributed by atoms with Crippen LogP contribution in [0, 0.1) is 0 Å². The SMILES string of the molecule is O=C(c1cccnc1)N1CCOC(CCc2ccncn2)C1. The van der Waals surface area contributed by atoms with Gasteiger partial charge >= 0.3 is 0 Å². The lowest BCUT2D eigenvalue weighted by atomic mass is 10.1. The van der Waals surface area contributed by atoms with E-state index in [0.717, 1.165) is 18.5 Å². The maximum absolute atomic E-state index is 12.4. The van der Waals surface area contributed by atoms with Gasteiger partial charge in [-0.2, -0.15) is 0 Å². The van der Waals surface area contributed by atoms with Crippen molar-refractivity contribution in [3.05, 3.63) is 54.4 Å². The summed E-state index contributed by atoms with van der Waals surface area (Å²) in [7, 11) is 0. The number of morpholine rings is 1. The van der Waals surface area contributed by atoms with Gasteiger partial charge in [-0.25, -0.2) is 9.97 Å². The van der Waals surface area contributed by atoms with E-state index in [1.165, 1.54) is 0 Å². The summed E-state index contributed by atoms with van der Waals surface area (Å²) in [5.74, 6) is 0.0171. The van der Waals surface area contributed by atoms with E-state index in [1.54, 1.807) is 37.1 Å². The topological polar surface area (TPSA) is 68.2 Å². The lowest BCUT2D eigenvalue weighted by molar-refractivity contribution is -0.0247. The summed E-state index contributed by atoms with van der Waals surface area (Å²) in [5, 5.41) is 0. The largest absolute Gasteiger partial charge is 0.375 e. The zero-order chi connectivity index (χ0) is 15.2. The number of pyridine rings is 1. The molecule has 0 aromatic carbocycles. The number of carbonyl (C=O) groups excluding carboxylic acids is 1. The van der Waals surface area contributed by atoms with Gasteiger partial charge in [0.05, 0.1) is 18.3 Å². The molecule has 0 radical (unpaired) electrons. The molecule has 1 saturated heterocycles. The molecule has 1 aliphatic rings. The zero-order valence-electron chi connectivity index (χ0n) is 12.3. The molecule has 0 N–H and O–H groups in total. The third-order valence-electron chi connectivity index (χ3n) is 3.70. The van der Waals surface area contributed by atoms with Crippen LogP contribution in [0.5, 0.6) is 0 Å². The van der Waals surface area contributed by atoms with E-state index in [0.29, 0.717) is 25.3 Å². The van der Waals surface area contributed by atoms with Gasteiger partial charge in [-0.1, -0.05) is 0 Å². The number of hydrogen-bond acceptors (Lipinski definition) is 5. The summed E-state index contributed by atoms with van der Waals surface area (Å²) < 4.78 is 5.76. The van der Waals surface area contributed by atoms with Crippen LogP contribution in [0.4, 0.5) is 0 Å². The average molecular weight is 298 g/mol. The zero-order valence-corrected chi connectivity index (χ0v) is 12.3. The van der Waals surface area contributed by atoms with E-state index in [-0.39, 0.29) is 12.0 Å². The lowest BCUT2D eigenvalue weighted by Gasteiger charge is -2.33. The third-order valence-corrected chi connectivity index (χ3v) is 3.70. The first-order valence-corrected chi connectivity index (χ1v) is 7.39. The maximum Gasteiger partial charge on any atom is 0.255 e. The quantitative estimate of drug-likeness (QED) is 0.852. The van der Waals surface area contributed by atoms with Crippen LogP contribution >= 0.6 is 0 Å². The van der Waals surface area contributed by atoms with Crippen molar-refractivity contribution in [1.29, 1.82) is 0 Å². The Bertz CT molecular complexity index is 606. The predicted molar refractivity (Wildman–Crippen MR) is 80.2 cm³/mol. The standard InChI is InChI=1S/C16H18N4O2/c21-16(13-2-1-6-17-10-13)20-8-9-22-15(11-20)4-3-14-5-7-18-12-19-14/h1-2,5-7,10,12,15H,3-4,8-9,11H2. The highest BCUT2D eigenvalue weighted by Gasteiger charge is 2.25. The first kappa shape index (κ1) is 14.6. The Morgan fingerprint density at radius 2 is 2.27 bits per heavy atom. The summed E-state index contributed by atoms with van der Waals surface area (Å²) in [6, 6.07) is 5.47. The molecule has 2 aromatic rings. The van der Waals surface area contributed by atoms with Crippen molar-refractivity contribution in [2.45, 2.75) is 18.9 Å². The van der Waals surface area contributed by atoms with Crippen molar-refractivity contribution in [1.82, 2.24) is 19.9 Å². The minimum atomic E-state index is 0.0171. The molecule has 1 unspecified atom stereocenters. The Morgan fingerprint density at radius 3 is 3.05 bits per heavy atom. The summed E-state index contributed by atoms with van der Waals surface area (Å²) in [5.41, 5.74) is 1.62. The molecule has 1 aliphatic heterocycles. The summed E-state index contributed by atoms with van der Waals surface area (Å²) >= 11 is 0. The van der Waals surface area contributed by atoms with Crippen LogP contribution in [0.1, 0.15) is 22.5 Å². The van der Waals surface area contributed by atoms with Gasteiger partial charge < -0.3 is 9.64 Å². The average Bonchev–Trinajstić information content (AvgIpc) is 2.61. The van der Waals surface area contributed by atoms with Gasteiger partial charge in [0.1, 0.15) is 6.33 Å². The Kier molecular flexibility index (Phi) is 4.70. The lowest BCUT2D eigenvalue weighted by Crippen LogP contribution is -2.45. The number of ether oxygens (including phenoxy) is 1. The Morgan fingerprint density at radius 1 is 1.32 bits per heavy atom. The molecule has 1 atom stereocenters. The molecular formula is C16H18N4O2. The van der Waals surface area contributed by atoms with Crippen molar-refractivity contribution in [2.75, 3.05) is 19.7 Å².